The van der Waals surface area contributed by atoms with Crippen molar-refractivity contribution in [2.24, 2.45) is 10.9 Å². The first kappa shape index (κ1) is 20.1. The van der Waals surface area contributed by atoms with Crippen LogP contribution in [0.4, 0.5) is 0 Å². The van der Waals surface area contributed by atoms with Crippen LogP contribution in [0.25, 0.3) is 17.3 Å². The number of aromatic amines is 1. The Morgan fingerprint density at radius 1 is 1.38 bits per heavy atom. The van der Waals surface area contributed by atoms with Crippen LogP contribution >= 0.6 is 11.3 Å². The molecule has 0 aromatic carbocycles. The van der Waals surface area contributed by atoms with Gasteiger partial charge >= 0.3 is 0 Å². The van der Waals surface area contributed by atoms with Crippen LogP contribution in [0.1, 0.15) is 57.3 Å². The van der Waals surface area contributed by atoms with E-state index in [1.807, 2.05) is 12.3 Å². The van der Waals surface area contributed by atoms with Crippen molar-refractivity contribution >= 4 is 23.1 Å². The summed E-state index contributed by atoms with van der Waals surface area (Å²) in [5.41, 5.74) is 7.78. The van der Waals surface area contributed by atoms with Gasteiger partial charge in [0, 0.05) is 40.0 Å². The molecular weight excluding hydrogens is 338 g/mol. The number of aromatic nitrogens is 2. The zero-order valence-electron chi connectivity index (χ0n) is 16.7. The highest BCUT2D eigenvalue weighted by Crippen LogP contribution is 2.30. The molecule has 0 bridgehead atoms. The van der Waals surface area contributed by atoms with E-state index in [1.165, 1.54) is 5.57 Å². The number of thiazole rings is 1. The first-order valence-corrected chi connectivity index (χ1v) is 9.92. The minimum atomic E-state index is 0.372. The normalized spacial score (nSPS) is 13.2. The van der Waals surface area contributed by atoms with Crippen molar-refractivity contribution in [3.63, 3.8) is 0 Å². The minimum absolute atomic E-state index is 0.372. The number of nitrogens with one attached hydrogen (secondary N) is 1. The molecule has 2 aromatic rings. The molecule has 0 aliphatic rings. The molecule has 1 unspecified atom stereocenters. The molecule has 0 amide bonds. The lowest BCUT2D eigenvalue weighted by molar-refractivity contribution is 0.738. The van der Waals surface area contributed by atoms with E-state index in [0.717, 1.165) is 45.4 Å². The highest BCUT2D eigenvalue weighted by Gasteiger charge is 2.18. The van der Waals surface area contributed by atoms with Crippen LogP contribution in [0.15, 0.2) is 46.6 Å². The van der Waals surface area contributed by atoms with Crippen molar-refractivity contribution in [3.05, 3.63) is 57.8 Å². The zero-order chi connectivity index (χ0) is 19.3. The lowest BCUT2D eigenvalue weighted by Gasteiger charge is -2.11. The van der Waals surface area contributed by atoms with E-state index in [1.54, 1.807) is 17.4 Å². The molecule has 3 nitrogen and oxygen atoms in total. The molecule has 4 heteroatoms. The molecule has 138 valence electrons. The van der Waals surface area contributed by atoms with E-state index in [-0.39, 0.29) is 0 Å². The largest absolute Gasteiger partial charge is 0.364 e. The molecule has 0 radical (unpaired) electrons. The predicted octanol–water partition coefficient (Wildman–Crippen LogP) is 6.79. The Bertz CT molecular complexity index is 858. The van der Waals surface area contributed by atoms with Crippen LogP contribution in [-0.4, -0.2) is 15.7 Å². The van der Waals surface area contributed by atoms with Gasteiger partial charge in [-0.1, -0.05) is 44.2 Å². The van der Waals surface area contributed by atoms with E-state index in [4.69, 9.17) is 9.98 Å². The second kappa shape index (κ2) is 8.95. The molecule has 0 saturated carbocycles. The summed E-state index contributed by atoms with van der Waals surface area (Å²) in [5.74, 6) is 0.372. The standard InChI is InChI=1S/C22H29N3S/c1-8-10-11-18-17(7)23-12-19(18)20-13-26-22(25-20)21(15(5)9-2)24-16(6)14(3)4/h8,10-13,15,23H,1,9H2,2-7H3/b11-10-,24-21?. The average Bonchev–Trinajstić information content (AvgIpc) is 3.23. The van der Waals surface area contributed by atoms with Crippen molar-refractivity contribution in [2.45, 2.75) is 48.0 Å². The number of hydrogen-bond acceptors (Lipinski definition) is 3. The Morgan fingerprint density at radius 2 is 2.12 bits per heavy atom. The van der Waals surface area contributed by atoms with E-state index >= 15 is 0 Å². The van der Waals surface area contributed by atoms with Crippen LogP contribution < -0.4 is 0 Å². The lowest BCUT2D eigenvalue weighted by atomic mass is 10.0. The van der Waals surface area contributed by atoms with Crippen LogP contribution in [-0.2, 0) is 0 Å². The second-order valence-corrected chi connectivity index (χ2v) is 7.62. The molecule has 26 heavy (non-hydrogen) atoms. The lowest BCUT2D eigenvalue weighted by Crippen LogP contribution is -2.12. The molecule has 0 spiro atoms. The monoisotopic (exact) mass is 367 g/mol. The van der Waals surface area contributed by atoms with Crippen molar-refractivity contribution < 1.29 is 0 Å². The molecular formula is C22H29N3S. The second-order valence-electron chi connectivity index (χ2n) is 6.77. The van der Waals surface area contributed by atoms with Gasteiger partial charge in [0.05, 0.1) is 11.4 Å². The Kier molecular flexibility index (Phi) is 6.92. The third kappa shape index (κ3) is 4.50. The number of aliphatic imine (C=N–C) groups is 1. The van der Waals surface area contributed by atoms with Gasteiger partial charge in [-0.2, -0.15) is 0 Å². The Balaban J connectivity index is 2.49. The van der Waals surface area contributed by atoms with Crippen LogP contribution in [0.2, 0.25) is 0 Å². The number of H-pyrrole nitrogens is 1. The first-order valence-electron chi connectivity index (χ1n) is 9.05. The molecule has 2 heterocycles. The van der Waals surface area contributed by atoms with Crippen LogP contribution in [0, 0.1) is 12.8 Å². The quantitative estimate of drug-likeness (QED) is 0.424. The molecule has 0 saturated heterocycles. The minimum Gasteiger partial charge on any atom is -0.364 e. The van der Waals surface area contributed by atoms with Gasteiger partial charge in [0.2, 0.25) is 0 Å². The fourth-order valence-corrected chi connectivity index (χ4v) is 3.42. The Morgan fingerprint density at radius 3 is 2.73 bits per heavy atom. The molecule has 0 aliphatic carbocycles. The maximum absolute atomic E-state index is 4.93. The maximum atomic E-state index is 4.93. The van der Waals surface area contributed by atoms with Gasteiger partial charge in [0.1, 0.15) is 5.01 Å². The van der Waals surface area contributed by atoms with Crippen molar-refractivity contribution in [3.8, 4) is 11.3 Å². The third-order valence-corrected chi connectivity index (χ3v) is 5.48. The van der Waals surface area contributed by atoms with Gasteiger partial charge in [0.25, 0.3) is 0 Å². The topological polar surface area (TPSA) is 41.0 Å². The SMILES string of the molecule is C=C/C=C\c1c(-c2csc(C(=NC(C)=C(C)C)C(C)CC)n2)c[nH]c1C. The molecule has 2 rings (SSSR count). The summed E-state index contributed by atoms with van der Waals surface area (Å²) in [7, 11) is 0. The van der Waals surface area contributed by atoms with Crippen molar-refractivity contribution in [1.29, 1.82) is 0 Å². The number of allylic oxidation sites excluding steroid dienone is 4. The average molecular weight is 368 g/mol. The number of hydrogen-bond donors (Lipinski definition) is 1. The highest BCUT2D eigenvalue weighted by molar-refractivity contribution is 7.12. The summed E-state index contributed by atoms with van der Waals surface area (Å²) in [6, 6.07) is 0. The number of nitrogens with zero attached hydrogens (tertiary/aromatic N) is 2. The molecule has 1 N–H and O–H groups in total. The Hall–Kier alpha value is -2.20. The predicted molar refractivity (Wildman–Crippen MR) is 116 cm³/mol. The number of rotatable bonds is 7. The summed E-state index contributed by atoms with van der Waals surface area (Å²) in [6.07, 6.45) is 8.89. The van der Waals surface area contributed by atoms with Gasteiger partial charge in [-0.3, -0.25) is 4.99 Å². The Labute approximate surface area is 161 Å². The van der Waals surface area contributed by atoms with E-state index in [2.05, 4.69) is 64.6 Å². The van der Waals surface area contributed by atoms with Crippen LogP contribution in [0.3, 0.4) is 0 Å². The van der Waals surface area contributed by atoms with E-state index < -0.39 is 0 Å². The van der Waals surface area contributed by atoms with Gasteiger partial charge in [0.15, 0.2) is 0 Å². The molecule has 1 atom stereocenters. The summed E-state index contributed by atoms with van der Waals surface area (Å²) in [4.78, 5) is 13.1. The zero-order valence-corrected chi connectivity index (χ0v) is 17.5. The molecule has 0 fully saturated rings. The summed E-state index contributed by atoms with van der Waals surface area (Å²) in [5, 5.41) is 3.13. The maximum Gasteiger partial charge on any atom is 0.138 e. The van der Waals surface area contributed by atoms with Gasteiger partial charge in [-0.15, -0.1) is 11.3 Å². The summed E-state index contributed by atoms with van der Waals surface area (Å²) >= 11 is 1.67. The van der Waals surface area contributed by atoms with E-state index in [9.17, 15) is 0 Å². The van der Waals surface area contributed by atoms with E-state index in [0.29, 0.717) is 5.92 Å². The first-order chi connectivity index (χ1) is 12.4. The summed E-state index contributed by atoms with van der Waals surface area (Å²) < 4.78 is 0. The van der Waals surface area contributed by atoms with Crippen molar-refractivity contribution in [1.82, 2.24) is 9.97 Å². The van der Waals surface area contributed by atoms with Gasteiger partial charge < -0.3 is 4.98 Å². The van der Waals surface area contributed by atoms with Crippen LogP contribution in [0.5, 0.6) is 0 Å². The smallest absolute Gasteiger partial charge is 0.138 e. The van der Waals surface area contributed by atoms with Gasteiger partial charge in [-0.05, 0) is 34.1 Å². The molecule has 0 aliphatic heterocycles. The van der Waals surface area contributed by atoms with Crippen molar-refractivity contribution in [2.75, 3.05) is 0 Å². The third-order valence-electron chi connectivity index (χ3n) is 4.62. The number of aryl methyl sites for hydroxylation is 1. The highest BCUT2D eigenvalue weighted by atomic mass is 32.1. The summed E-state index contributed by atoms with van der Waals surface area (Å²) in [6.45, 7) is 16.5. The fraction of sp³-hybridized carbons (Fsp3) is 0.364. The van der Waals surface area contributed by atoms with Gasteiger partial charge in [-0.25, -0.2) is 4.98 Å². The molecule has 2 aromatic heterocycles. The fourth-order valence-electron chi connectivity index (χ4n) is 2.50.